The zero-order valence-electron chi connectivity index (χ0n) is 12.0. The summed E-state index contributed by atoms with van der Waals surface area (Å²) >= 11 is 0. The average Bonchev–Trinajstić information content (AvgIpc) is 2.95. The molecular weight excluding hydrogens is 307 g/mol. The van der Waals surface area contributed by atoms with E-state index in [-0.39, 0.29) is 12.3 Å². The number of nitrogens with two attached hydrogens (primary N) is 1. The summed E-state index contributed by atoms with van der Waals surface area (Å²) in [7, 11) is 0. The third-order valence-electron chi connectivity index (χ3n) is 3.31. The summed E-state index contributed by atoms with van der Waals surface area (Å²) in [5.41, 5.74) is 8.16. The van der Waals surface area contributed by atoms with Crippen LogP contribution >= 0.6 is 0 Å². The van der Waals surface area contributed by atoms with Gasteiger partial charge in [0.15, 0.2) is 6.61 Å². The first kappa shape index (κ1) is 15.4. The zero-order valence-corrected chi connectivity index (χ0v) is 12.0. The summed E-state index contributed by atoms with van der Waals surface area (Å²) in [6.07, 6.45) is -0.790. The van der Waals surface area contributed by atoms with Crippen LogP contribution in [0.25, 0.3) is 16.8 Å². The summed E-state index contributed by atoms with van der Waals surface area (Å²) in [4.78, 5) is 4.42. The molecule has 0 radical (unpaired) electrons. The molecule has 0 aliphatic heterocycles. The highest BCUT2D eigenvalue weighted by Gasteiger charge is 2.29. The molecule has 0 unspecified atom stereocenters. The summed E-state index contributed by atoms with van der Waals surface area (Å²) in [5.74, 6) is 0.162. The molecule has 2 heterocycles. The molecule has 0 atom stereocenters. The van der Waals surface area contributed by atoms with E-state index in [9.17, 15) is 13.2 Å². The summed E-state index contributed by atoms with van der Waals surface area (Å²) in [5, 5.41) is 0. The Hall–Kier alpha value is -2.54. The van der Waals surface area contributed by atoms with Crippen molar-refractivity contribution in [2.45, 2.75) is 12.7 Å². The minimum absolute atomic E-state index is 0.162. The van der Waals surface area contributed by atoms with Crippen molar-refractivity contribution in [1.82, 2.24) is 9.38 Å². The van der Waals surface area contributed by atoms with Crippen molar-refractivity contribution in [1.29, 1.82) is 0 Å². The van der Waals surface area contributed by atoms with E-state index in [1.54, 1.807) is 40.9 Å². The molecular formula is C16H14F3N3O. The molecule has 4 nitrogen and oxygen atoms in total. The lowest BCUT2D eigenvalue weighted by molar-refractivity contribution is -0.153. The van der Waals surface area contributed by atoms with E-state index in [4.69, 9.17) is 10.5 Å². The maximum absolute atomic E-state index is 12.4. The normalized spacial score (nSPS) is 11.8. The monoisotopic (exact) mass is 321 g/mol. The van der Waals surface area contributed by atoms with Gasteiger partial charge < -0.3 is 14.9 Å². The Morgan fingerprint density at radius 3 is 2.57 bits per heavy atom. The second kappa shape index (κ2) is 5.92. The molecule has 2 aromatic heterocycles. The van der Waals surface area contributed by atoms with Gasteiger partial charge in [-0.25, -0.2) is 4.98 Å². The van der Waals surface area contributed by atoms with Crippen molar-refractivity contribution in [3.63, 3.8) is 0 Å². The van der Waals surface area contributed by atoms with Crippen LogP contribution in [0, 0.1) is 0 Å². The minimum atomic E-state index is -4.39. The third-order valence-corrected chi connectivity index (χ3v) is 3.31. The number of imidazole rings is 1. The van der Waals surface area contributed by atoms with Gasteiger partial charge in [-0.15, -0.1) is 0 Å². The predicted octanol–water partition coefficient (Wildman–Crippen LogP) is 3.40. The van der Waals surface area contributed by atoms with E-state index in [1.165, 1.54) is 6.07 Å². The molecule has 0 fully saturated rings. The van der Waals surface area contributed by atoms with E-state index in [0.717, 1.165) is 0 Å². The van der Waals surface area contributed by atoms with E-state index in [0.29, 0.717) is 22.5 Å². The van der Waals surface area contributed by atoms with Crippen LogP contribution in [0.15, 0.2) is 48.8 Å². The third kappa shape index (κ3) is 3.29. The Labute approximate surface area is 130 Å². The molecule has 0 spiro atoms. The first-order chi connectivity index (χ1) is 11.0. The number of hydrogen-bond donors (Lipinski definition) is 1. The fraction of sp³-hybridized carbons (Fsp3) is 0.188. The molecule has 0 aliphatic rings. The Morgan fingerprint density at radius 1 is 1.09 bits per heavy atom. The number of nitrogens with zero attached hydrogens (tertiary/aromatic N) is 2. The Balaban J connectivity index is 2.07. The number of benzene rings is 1. The quantitative estimate of drug-likeness (QED) is 0.801. The second-order valence-electron chi connectivity index (χ2n) is 4.99. The van der Waals surface area contributed by atoms with Gasteiger partial charge in [-0.05, 0) is 18.2 Å². The summed E-state index contributed by atoms with van der Waals surface area (Å²) < 4.78 is 44.0. The standard InChI is InChI=1S/C16H14F3N3O/c17-16(18,19)10-23-14-6-2-1-4-12(14)13-5-3-7-22-9-11(8-20)21-15(13)22/h1-7,9H,8,10,20H2. The van der Waals surface area contributed by atoms with Gasteiger partial charge in [-0.1, -0.05) is 18.2 Å². The van der Waals surface area contributed by atoms with Crippen LogP contribution in [0.5, 0.6) is 5.75 Å². The van der Waals surface area contributed by atoms with Crippen LogP contribution in [-0.2, 0) is 6.54 Å². The zero-order chi connectivity index (χ0) is 16.4. The lowest BCUT2D eigenvalue weighted by Gasteiger charge is -2.13. The molecule has 120 valence electrons. The number of hydrogen-bond acceptors (Lipinski definition) is 3. The van der Waals surface area contributed by atoms with Crippen molar-refractivity contribution in [2.24, 2.45) is 5.73 Å². The highest BCUT2D eigenvalue weighted by Crippen LogP contribution is 2.33. The number of fused-ring (bicyclic) bond motifs is 1. The van der Waals surface area contributed by atoms with E-state index >= 15 is 0 Å². The highest BCUT2D eigenvalue weighted by molar-refractivity contribution is 5.81. The van der Waals surface area contributed by atoms with Crippen molar-refractivity contribution >= 4 is 5.65 Å². The van der Waals surface area contributed by atoms with Crippen LogP contribution in [-0.4, -0.2) is 22.2 Å². The molecule has 3 rings (SSSR count). The van der Waals surface area contributed by atoms with Crippen molar-refractivity contribution < 1.29 is 17.9 Å². The van der Waals surface area contributed by atoms with Crippen molar-refractivity contribution in [3.8, 4) is 16.9 Å². The molecule has 1 aromatic carbocycles. The van der Waals surface area contributed by atoms with E-state index in [2.05, 4.69) is 4.98 Å². The van der Waals surface area contributed by atoms with Gasteiger partial charge >= 0.3 is 6.18 Å². The predicted molar refractivity (Wildman–Crippen MR) is 80.1 cm³/mol. The van der Waals surface area contributed by atoms with Crippen molar-refractivity contribution in [3.05, 3.63) is 54.5 Å². The van der Waals surface area contributed by atoms with Crippen LogP contribution in [0.4, 0.5) is 13.2 Å². The van der Waals surface area contributed by atoms with Gasteiger partial charge in [0.25, 0.3) is 0 Å². The number of aromatic nitrogens is 2. The lowest BCUT2D eigenvalue weighted by atomic mass is 10.1. The molecule has 0 saturated carbocycles. The number of pyridine rings is 1. The van der Waals surface area contributed by atoms with Gasteiger partial charge in [0.05, 0.1) is 5.69 Å². The maximum atomic E-state index is 12.4. The molecule has 0 bridgehead atoms. The fourth-order valence-electron chi connectivity index (χ4n) is 2.35. The molecule has 23 heavy (non-hydrogen) atoms. The molecule has 0 saturated heterocycles. The van der Waals surface area contributed by atoms with Crippen molar-refractivity contribution in [2.75, 3.05) is 6.61 Å². The average molecular weight is 321 g/mol. The highest BCUT2D eigenvalue weighted by atomic mass is 19.4. The lowest BCUT2D eigenvalue weighted by Crippen LogP contribution is -2.19. The molecule has 3 aromatic rings. The number of rotatable bonds is 4. The van der Waals surface area contributed by atoms with Crippen LogP contribution in [0.1, 0.15) is 5.69 Å². The number of para-hydroxylation sites is 1. The summed E-state index contributed by atoms with van der Waals surface area (Å²) in [6.45, 7) is -1.05. The summed E-state index contributed by atoms with van der Waals surface area (Å²) in [6, 6.07) is 10.2. The van der Waals surface area contributed by atoms with E-state index in [1.807, 2.05) is 6.20 Å². The largest absolute Gasteiger partial charge is 0.483 e. The Morgan fingerprint density at radius 2 is 1.83 bits per heavy atom. The van der Waals surface area contributed by atoms with Gasteiger partial charge in [-0.2, -0.15) is 13.2 Å². The second-order valence-corrected chi connectivity index (χ2v) is 4.99. The SMILES string of the molecule is NCc1cn2cccc(-c3ccccc3OCC(F)(F)F)c2n1. The molecule has 7 heteroatoms. The fourth-order valence-corrected chi connectivity index (χ4v) is 2.35. The van der Waals surface area contributed by atoms with Gasteiger partial charge in [0, 0.05) is 30.1 Å². The topological polar surface area (TPSA) is 52.5 Å². The molecule has 2 N–H and O–H groups in total. The minimum Gasteiger partial charge on any atom is -0.483 e. The van der Waals surface area contributed by atoms with Gasteiger partial charge in [0.1, 0.15) is 11.4 Å². The smallest absolute Gasteiger partial charge is 0.422 e. The molecule has 0 amide bonds. The maximum Gasteiger partial charge on any atom is 0.422 e. The first-order valence-electron chi connectivity index (χ1n) is 6.93. The van der Waals surface area contributed by atoms with Gasteiger partial charge in [-0.3, -0.25) is 0 Å². The first-order valence-corrected chi connectivity index (χ1v) is 6.93. The van der Waals surface area contributed by atoms with Gasteiger partial charge in [0.2, 0.25) is 0 Å². The number of alkyl halides is 3. The Kier molecular flexibility index (Phi) is 3.96. The van der Waals surface area contributed by atoms with E-state index < -0.39 is 12.8 Å². The number of halogens is 3. The molecule has 0 aliphatic carbocycles. The number of ether oxygens (including phenoxy) is 1. The van der Waals surface area contributed by atoms with Crippen LogP contribution in [0.2, 0.25) is 0 Å². The van der Waals surface area contributed by atoms with Crippen LogP contribution < -0.4 is 10.5 Å². The Bertz CT molecular complexity index is 827. The van der Waals surface area contributed by atoms with Crippen LogP contribution in [0.3, 0.4) is 0 Å².